The van der Waals surface area contributed by atoms with Crippen molar-refractivity contribution in [2.75, 3.05) is 31.6 Å². The minimum absolute atomic E-state index is 0.0374. The molecule has 0 spiro atoms. The van der Waals surface area contributed by atoms with E-state index in [0.29, 0.717) is 31.6 Å². The second-order valence-electron chi connectivity index (χ2n) is 7.07. The average Bonchev–Trinajstić information content (AvgIpc) is 2.78. The first kappa shape index (κ1) is 21.8. The Morgan fingerprint density at radius 2 is 1.73 bits per heavy atom. The first-order valence-corrected chi connectivity index (χ1v) is 10.9. The van der Waals surface area contributed by atoms with E-state index in [1.807, 2.05) is 0 Å². The summed E-state index contributed by atoms with van der Waals surface area (Å²) in [7, 11) is -1.22. The molecule has 7 nitrogen and oxygen atoms in total. The number of hydrogen-bond acceptors (Lipinski definition) is 5. The van der Waals surface area contributed by atoms with Crippen LogP contribution in [0.5, 0.6) is 0 Å². The molecule has 1 amide bonds. The number of ether oxygens (including phenoxy) is 1. The number of likely N-dealkylation sites (tertiary alicyclic amines) is 1. The van der Waals surface area contributed by atoms with Gasteiger partial charge in [0.25, 0.3) is 15.9 Å². The number of sulfonamides is 1. The molecular weight excluding hydrogens is 411 g/mol. The highest BCUT2D eigenvalue weighted by Gasteiger charge is 2.29. The van der Waals surface area contributed by atoms with E-state index >= 15 is 0 Å². The van der Waals surface area contributed by atoms with Crippen molar-refractivity contribution in [3.8, 4) is 0 Å². The Morgan fingerprint density at radius 3 is 2.33 bits per heavy atom. The summed E-state index contributed by atoms with van der Waals surface area (Å²) in [6, 6.07) is 10.9. The van der Waals surface area contributed by atoms with Crippen molar-refractivity contribution in [2.45, 2.75) is 17.7 Å². The predicted molar refractivity (Wildman–Crippen MR) is 109 cm³/mol. The second kappa shape index (κ2) is 8.83. The average molecular weight is 434 g/mol. The van der Waals surface area contributed by atoms with Gasteiger partial charge in [-0.2, -0.15) is 0 Å². The number of carbonyl (C=O) groups excluding carboxylic acids is 2. The molecule has 2 aromatic carbocycles. The van der Waals surface area contributed by atoms with Crippen molar-refractivity contribution < 1.29 is 27.1 Å². The van der Waals surface area contributed by atoms with Gasteiger partial charge in [-0.3, -0.25) is 13.9 Å². The SMILES string of the molecule is COC(=O)C1CCN(C(=O)c2cccc(S(=O)(=O)N(C)c3ccc(F)cc3)c2)CC1. The molecule has 1 saturated heterocycles. The lowest BCUT2D eigenvalue weighted by atomic mass is 9.96. The number of halogens is 1. The van der Waals surface area contributed by atoms with Crippen LogP contribution in [0.3, 0.4) is 0 Å². The van der Waals surface area contributed by atoms with Crippen LogP contribution in [-0.4, -0.2) is 52.4 Å². The van der Waals surface area contributed by atoms with Crippen LogP contribution in [-0.2, 0) is 19.6 Å². The van der Waals surface area contributed by atoms with Crippen LogP contribution in [0.1, 0.15) is 23.2 Å². The van der Waals surface area contributed by atoms with Gasteiger partial charge in [-0.05, 0) is 55.3 Å². The van der Waals surface area contributed by atoms with E-state index in [9.17, 15) is 22.4 Å². The maximum absolute atomic E-state index is 13.1. The van der Waals surface area contributed by atoms with Crippen molar-refractivity contribution >= 4 is 27.6 Å². The third-order valence-corrected chi connectivity index (χ3v) is 7.03. The maximum atomic E-state index is 13.1. The highest BCUT2D eigenvalue weighted by Crippen LogP contribution is 2.24. The molecule has 0 saturated carbocycles. The molecule has 30 heavy (non-hydrogen) atoms. The summed E-state index contributed by atoms with van der Waals surface area (Å²) in [6.07, 6.45) is 1.01. The van der Waals surface area contributed by atoms with E-state index < -0.39 is 15.8 Å². The number of methoxy groups -OCH3 is 1. The Kier molecular flexibility index (Phi) is 6.40. The molecule has 1 heterocycles. The van der Waals surface area contributed by atoms with Gasteiger partial charge in [0.05, 0.1) is 23.6 Å². The van der Waals surface area contributed by atoms with Crippen molar-refractivity contribution in [1.82, 2.24) is 4.90 Å². The van der Waals surface area contributed by atoms with Crippen LogP contribution in [0.2, 0.25) is 0 Å². The molecule has 2 aromatic rings. The van der Waals surface area contributed by atoms with E-state index in [1.54, 1.807) is 11.0 Å². The Bertz CT molecular complexity index is 1030. The molecule has 1 fully saturated rings. The fourth-order valence-electron chi connectivity index (χ4n) is 3.41. The van der Waals surface area contributed by atoms with Crippen molar-refractivity contribution in [3.63, 3.8) is 0 Å². The summed E-state index contributed by atoms with van der Waals surface area (Å²) in [6.45, 7) is 0.788. The van der Waals surface area contributed by atoms with Gasteiger partial charge in [-0.25, -0.2) is 12.8 Å². The molecule has 3 rings (SSSR count). The molecule has 0 atom stereocenters. The smallest absolute Gasteiger partial charge is 0.308 e. The normalized spacial score (nSPS) is 15.0. The fraction of sp³-hybridized carbons (Fsp3) is 0.333. The molecule has 0 aliphatic carbocycles. The van der Waals surface area contributed by atoms with Crippen LogP contribution in [0.25, 0.3) is 0 Å². The number of anilines is 1. The Labute approximate surface area is 175 Å². The molecule has 160 valence electrons. The van der Waals surface area contributed by atoms with E-state index in [4.69, 9.17) is 4.74 Å². The minimum atomic E-state index is -3.94. The zero-order valence-corrected chi connectivity index (χ0v) is 17.6. The third kappa shape index (κ3) is 4.46. The van der Waals surface area contributed by atoms with Gasteiger partial charge >= 0.3 is 5.97 Å². The van der Waals surface area contributed by atoms with Gasteiger partial charge in [0, 0.05) is 25.7 Å². The highest BCUT2D eigenvalue weighted by atomic mass is 32.2. The number of hydrogen-bond donors (Lipinski definition) is 0. The van der Waals surface area contributed by atoms with Gasteiger partial charge in [0.15, 0.2) is 0 Å². The van der Waals surface area contributed by atoms with Gasteiger partial charge in [-0.1, -0.05) is 6.07 Å². The molecule has 1 aliphatic rings. The highest BCUT2D eigenvalue weighted by molar-refractivity contribution is 7.92. The summed E-state index contributed by atoms with van der Waals surface area (Å²) < 4.78 is 44.9. The van der Waals surface area contributed by atoms with Crippen LogP contribution < -0.4 is 4.31 Å². The van der Waals surface area contributed by atoms with E-state index in [1.165, 1.54) is 56.6 Å². The van der Waals surface area contributed by atoms with Gasteiger partial charge in [0.2, 0.25) is 0 Å². The molecule has 0 bridgehead atoms. The van der Waals surface area contributed by atoms with E-state index in [0.717, 1.165) is 4.31 Å². The number of piperidine rings is 1. The van der Waals surface area contributed by atoms with Gasteiger partial charge in [0.1, 0.15) is 5.82 Å². The van der Waals surface area contributed by atoms with Gasteiger partial charge < -0.3 is 9.64 Å². The topological polar surface area (TPSA) is 84.0 Å². The lowest BCUT2D eigenvalue weighted by Crippen LogP contribution is -2.40. The summed E-state index contributed by atoms with van der Waals surface area (Å²) in [5, 5.41) is 0. The zero-order valence-electron chi connectivity index (χ0n) is 16.7. The predicted octanol–water partition coefficient (Wildman–Crippen LogP) is 2.68. The van der Waals surface area contributed by atoms with E-state index in [-0.39, 0.29) is 28.3 Å². The lowest BCUT2D eigenvalue weighted by molar-refractivity contribution is -0.146. The number of nitrogens with zero attached hydrogens (tertiary/aromatic N) is 2. The molecule has 0 radical (unpaired) electrons. The first-order valence-electron chi connectivity index (χ1n) is 9.45. The molecule has 0 unspecified atom stereocenters. The number of amides is 1. The van der Waals surface area contributed by atoms with Crippen LogP contribution in [0.15, 0.2) is 53.4 Å². The first-order chi connectivity index (χ1) is 14.2. The minimum Gasteiger partial charge on any atom is -0.469 e. The molecule has 9 heteroatoms. The van der Waals surface area contributed by atoms with Gasteiger partial charge in [-0.15, -0.1) is 0 Å². The second-order valence-corrected chi connectivity index (χ2v) is 9.04. The van der Waals surface area contributed by atoms with Crippen LogP contribution >= 0.6 is 0 Å². The van der Waals surface area contributed by atoms with Crippen LogP contribution in [0.4, 0.5) is 10.1 Å². The van der Waals surface area contributed by atoms with Crippen molar-refractivity contribution in [1.29, 1.82) is 0 Å². The Morgan fingerprint density at radius 1 is 1.10 bits per heavy atom. The standard InChI is InChI=1S/C21H23FN2O5S/c1-23(18-8-6-17(22)7-9-18)30(27,28)19-5-3-4-16(14-19)20(25)24-12-10-15(11-13-24)21(26)29-2/h3-9,14-15H,10-13H2,1-2H3. The molecular formula is C21H23FN2O5S. The van der Waals surface area contributed by atoms with Crippen molar-refractivity contribution in [3.05, 3.63) is 59.9 Å². The number of benzene rings is 2. The molecule has 0 aromatic heterocycles. The molecule has 1 aliphatic heterocycles. The number of esters is 1. The van der Waals surface area contributed by atoms with Crippen molar-refractivity contribution in [2.24, 2.45) is 5.92 Å². The summed E-state index contributed by atoms with van der Waals surface area (Å²) >= 11 is 0. The Balaban J connectivity index is 1.78. The van der Waals surface area contributed by atoms with E-state index in [2.05, 4.69) is 0 Å². The monoisotopic (exact) mass is 434 g/mol. The summed E-state index contributed by atoms with van der Waals surface area (Å²) in [4.78, 5) is 26.1. The number of rotatable bonds is 5. The summed E-state index contributed by atoms with van der Waals surface area (Å²) in [5.41, 5.74) is 0.554. The quantitative estimate of drug-likeness (QED) is 0.676. The zero-order chi connectivity index (χ0) is 21.9. The summed E-state index contributed by atoms with van der Waals surface area (Å²) in [5.74, 6) is -1.26. The van der Waals surface area contributed by atoms with Crippen LogP contribution in [0, 0.1) is 11.7 Å². The Hall–Kier alpha value is -2.94. The maximum Gasteiger partial charge on any atom is 0.308 e. The number of carbonyl (C=O) groups is 2. The fourth-order valence-corrected chi connectivity index (χ4v) is 4.65. The largest absolute Gasteiger partial charge is 0.469 e. The third-order valence-electron chi connectivity index (χ3n) is 5.25. The lowest BCUT2D eigenvalue weighted by Gasteiger charge is -2.30. The molecule has 0 N–H and O–H groups in total.